The Bertz CT molecular complexity index is 501. The molecule has 0 spiro atoms. The lowest BCUT2D eigenvalue weighted by Gasteiger charge is -2.13. The van der Waals surface area contributed by atoms with Gasteiger partial charge < -0.3 is 9.64 Å². The van der Waals surface area contributed by atoms with Crippen LogP contribution in [0, 0.1) is 5.92 Å². The van der Waals surface area contributed by atoms with Gasteiger partial charge in [-0.2, -0.15) is 0 Å². The summed E-state index contributed by atoms with van der Waals surface area (Å²) >= 11 is 0. The molecule has 2 atom stereocenters. The number of hydrogen-bond acceptors (Lipinski definition) is 3. The summed E-state index contributed by atoms with van der Waals surface area (Å²) in [5.74, 6) is 1.58. The van der Waals surface area contributed by atoms with Crippen molar-refractivity contribution in [2.75, 3.05) is 0 Å². The van der Waals surface area contributed by atoms with E-state index >= 15 is 0 Å². The third kappa shape index (κ3) is 2.57. The summed E-state index contributed by atoms with van der Waals surface area (Å²) in [6.07, 6.45) is 5.66. The highest BCUT2D eigenvalue weighted by Gasteiger charge is 2.25. The van der Waals surface area contributed by atoms with Crippen molar-refractivity contribution in [3.63, 3.8) is 0 Å². The number of aromatic nitrogens is 1. The van der Waals surface area contributed by atoms with E-state index in [0.717, 1.165) is 24.3 Å². The van der Waals surface area contributed by atoms with E-state index in [4.69, 9.17) is 4.74 Å². The highest BCUT2D eigenvalue weighted by molar-refractivity contribution is 5.74. The van der Waals surface area contributed by atoms with Gasteiger partial charge >= 0.3 is 0 Å². The number of pyridine rings is 1. The molecule has 1 aliphatic heterocycles. The van der Waals surface area contributed by atoms with E-state index < -0.39 is 0 Å². The fourth-order valence-electron chi connectivity index (χ4n) is 2.98. The van der Waals surface area contributed by atoms with Crippen molar-refractivity contribution in [1.29, 1.82) is 0 Å². The van der Waals surface area contributed by atoms with Crippen molar-refractivity contribution in [2.24, 2.45) is 5.92 Å². The van der Waals surface area contributed by atoms with E-state index in [1.807, 2.05) is 17.2 Å². The molecule has 1 saturated carbocycles. The Balaban J connectivity index is 1.70. The Hall–Kier alpha value is -1.58. The molecular formula is C15H20N2O2. The number of hydrogen-bond donors (Lipinski definition) is 0. The van der Waals surface area contributed by atoms with Crippen molar-refractivity contribution in [2.45, 2.75) is 52.3 Å². The topological polar surface area (TPSA) is 42.4 Å². The van der Waals surface area contributed by atoms with Crippen LogP contribution in [0.1, 0.15) is 44.2 Å². The average Bonchev–Trinajstić information content (AvgIpc) is 2.95. The van der Waals surface area contributed by atoms with Gasteiger partial charge in [0.1, 0.15) is 6.10 Å². The average molecular weight is 260 g/mol. The van der Waals surface area contributed by atoms with E-state index in [2.05, 4.69) is 11.9 Å². The van der Waals surface area contributed by atoms with Gasteiger partial charge in [-0.15, -0.1) is 0 Å². The molecule has 2 aliphatic rings. The number of fused-ring (bicyclic) bond motifs is 1. The number of ether oxygens (including phenoxy) is 1. The van der Waals surface area contributed by atoms with E-state index in [1.165, 1.54) is 12.0 Å². The van der Waals surface area contributed by atoms with E-state index in [0.29, 0.717) is 25.1 Å². The molecular weight excluding hydrogens is 240 g/mol. The van der Waals surface area contributed by atoms with Gasteiger partial charge in [-0.3, -0.25) is 4.79 Å². The maximum Gasteiger partial charge on any atom is 0.220 e. The van der Waals surface area contributed by atoms with Crippen LogP contribution in [0.2, 0.25) is 0 Å². The summed E-state index contributed by atoms with van der Waals surface area (Å²) in [4.78, 5) is 17.6. The van der Waals surface area contributed by atoms with Crippen molar-refractivity contribution >= 4 is 5.91 Å². The minimum absolute atomic E-state index is 0.114. The molecule has 0 aromatic carbocycles. The van der Waals surface area contributed by atoms with Gasteiger partial charge in [0.15, 0.2) is 0 Å². The molecule has 4 heteroatoms. The molecule has 19 heavy (non-hydrogen) atoms. The first-order chi connectivity index (χ1) is 9.11. The lowest BCUT2D eigenvalue weighted by Crippen LogP contribution is -2.21. The third-order valence-electron chi connectivity index (χ3n) is 4.16. The molecule has 1 fully saturated rings. The molecule has 1 amide bonds. The molecule has 0 bridgehead atoms. The first-order valence-electron chi connectivity index (χ1n) is 7.02. The molecule has 102 valence electrons. The second kappa shape index (κ2) is 4.83. The van der Waals surface area contributed by atoms with Gasteiger partial charge in [-0.25, -0.2) is 4.98 Å². The van der Waals surface area contributed by atoms with Crippen LogP contribution in [-0.2, 0) is 17.9 Å². The summed E-state index contributed by atoms with van der Waals surface area (Å²) in [5, 5.41) is 0. The quantitative estimate of drug-likeness (QED) is 0.820. The minimum atomic E-state index is 0.114. The van der Waals surface area contributed by atoms with Crippen LogP contribution >= 0.6 is 0 Å². The standard InChI is InChI=1S/C15H20N2O2/c1-10-3-4-14(5-10)19-15-6-12-8-17(11(2)18)9-13(12)7-16-15/h6-7,10,14H,3-5,8-9H2,1-2H3/t10-,14+/m1/s1. The number of carbonyl (C=O) groups is 1. The molecule has 4 nitrogen and oxygen atoms in total. The Morgan fingerprint density at radius 2 is 2.16 bits per heavy atom. The monoisotopic (exact) mass is 260 g/mol. The van der Waals surface area contributed by atoms with Crippen LogP contribution in [-0.4, -0.2) is 21.9 Å². The van der Waals surface area contributed by atoms with Crippen molar-refractivity contribution in [3.8, 4) is 5.88 Å². The van der Waals surface area contributed by atoms with Gasteiger partial charge in [-0.1, -0.05) is 6.92 Å². The summed E-state index contributed by atoms with van der Waals surface area (Å²) in [5.41, 5.74) is 2.31. The maximum absolute atomic E-state index is 11.4. The van der Waals surface area contributed by atoms with Crippen LogP contribution in [0.25, 0.3) is 0 Å². The largest absolute Gasteiger partial charge is 0.474 e. The molecule has 2 heterocycles. The molecule has 3 rings (SSSR count). The van der Waals surface area contributed by atoms with Crippen molar-refractivity contribution in [1.82, 2.24) is 9.88 Å². The second-order valence-electron chi connectivity index (χ2n) is 5.82. The molecule has 1 aromatic heterocycles. The Morgan fingerprint density at radius 1 is 1.37 bits per heavy atom. The number of nitrogens with zero attached hydrogens (tertiary/aromatic N) is 2. The van der Waals surface area contributed by atoms with Gasteiger partial charge in [0.2, 0.25) is 11.8 Å². The van der Waals surface area contributed by atoms with Crippen LogP contribution in [0.5, 0.6) is 5.88 Å². The summed E-state index contributed by atoms with van der Waals surface area (Å²) in [7, 11) is 0. The summed E-state index contributed by atoms with van der Waals surface area (Å²) < 4.78 is 5.95. The molecule has 1 aromatic rings. The highest BCUT2D eigenvalue weighted by atomic mass is 16.5. The fourth-order valence-corrected chi connectivity index (χ4v) is 2.98. The first kappa shape index (κ1) is 12.5. The van der Waals surface area contributed by atoms with Crippen LogP contribution in [0.4, 0.5) is 0 Å². The Morgan fingerprint density at radius 3 is 2.84 bits per heavy atom. The molecule has 1 aliphatic carbocycles. The van der Waals surface area contributed by atoms with Gasteiger partial charge in [0.25, 0.3) is 0 Å². The van der Waals surface area contributed by atoms with E-state index in [1.54, 1.807) is 6.92 Å². The number of amides is 1. The lowest BCUT2D eigenvalue weighted by molar-refractivity contribution is -0.129. The third-order valence-corrected chi connectivity index (χ3v) is 4.16. The molecule has 0 saturated heterocycles. The molecule has 0 radical (unpaired) electrons. The normalized spacial score (nSPS) is 25.5. The first-order valence-corrected chi connectivity index (χ1v) is 7.02. The summed E-state index contributed by atoms with van der Waals surface area (Å²) in [6.45, 7) is 5.24. The predicted molar refractivity (Wildman–Crippen MR) is 71.6 cm³/mol. The lowest BCUT2D eigenvalue weighted by atomic mass is 10.1. The van der Waals surface area contributed by atoms with Crippen LogP contribution in [0.3, 0.4) is 0 Å². The number of rotatable bonds is 2. The van der Waals surface area contributed by atoms with Gasteiger partial charge in [0, 0.05) is 32.3 Å². The van der Waals surface area contributed by atoms with Crippen LogP contribution < -0.4 is 4.74 Å². The SMILES string of the molecule is CC(=O)N1Cc2cnc(O[C@H]3CC[C@@H](C)C3)cc2C1. The van der Waals surface area contributed by atoms with Crippen molar-refractivity contribution < 1.29 is 9.53 Å². The van der Waals surface area contributed by atoms with Crippen molar-refractivity contribution in [3.05, 3.63) is 23.4 Å². The van der Waals surface area contributed by atoms with Crippen LogP contribution in [0.15, 0.2) is 12.3 Å². The maximum atomic E-state index is 11.4. The van der Waals surface area contributed by atoms with Gasteiger partial charge in [0.05, 0.1) is 0 Å². The van der Waals surface area contributed by atoms with E-state index in [9.17, 15) is 4.79 Å². The van der Waals surface area contributed by atoms with E-state index in [-0.39, 0.29) is 5.91 Å². The number of carbonyl (C=O) groups excluding carboxylic acids is 1. The zero-order valence-electron chi connectivity index (χ0n) is 11.6. The zero-order chi connectivity index (χ0) is 13.4. The minimum Gasteiger partial charge on any atom is -0.474 e. The summed E-state index contributed by atoms with van der Waals surface area (Å²) in [6, 6.07) is 2.00. The smallest absolute Gasteiger partial charge is 0.220 e. The Kier molecular flexibility index (Phi) is 3.17. The highest BCUT2D eigenvalue weighted by Crippen LogP contribution is 2.30. The molecule has 0 unspecified atom stereocenters. The van der Waals surface area contributed by atoms with Gasteiger partial charge in [-0.05, 0) is 36.3 Å². The second-order valence-corrected chi connectivity index (χ2v) is 5.82. The fraction of sp³-hybridized carbons (Fsp3) is 0.600. The predicted octanol–water partition coefficient (Wildman–Crippen LogP) is 2.51. The Labute approximate surface area is 113 Å². The molecule has 0 N–H and O–H groups in total. The zero-order valence-corrected chi connectivity index (χ0v) is 11.6.